The van der Waals surface area contributed by atoms with Crippen LogP contribution in [0.3, 0.4) is 0 Å². The fraction of sp³-hybridized carbons (Fsp3) is 0.310. The summed E-state index contributed by atoms with van der Waals surface area (Å²) in [6, 6.07) is 16.5. The van der Waals surface area contributed by atoms with E-state index in [-0.39, 0.29) is 35.7 Å². The van der Waals surface area contributed by atoms with Crippen LogP contribution in [0, 0.1) is 11.8 Å². The monoisotopic (exact) mass is 498 g/mol. The van der Waals surface area contributed by atoms with E-state index in [0.29, 0.717) is 17.8 Å². The lowest BCUT2D eigenvalue weighted by molar-refractivity contribution is -0.127. The molecular formula is C29H30N4O4. The van der Waals surface area contributed by atoms with Gasteiger partial charge in [0.1, 0.15) is 11.7 Å². The number of aliphatic hydroxyl groups is 1. The molecule has 0 aliphatic carbocycles. The number of rotatable bonds is 6. The van der Waals surface area contributed by atoms with Crippen LogP contribution < -0.4 is 10.9 Å². The largest absolute Gasteiger partial charge is 0.396 e. The summed E-state index contributed by atoms with van der Waals surface area (Å²) >= 11 is 0. The summed E-state index contributed by atoms with van der Waals surface area (Å²) in [4.78, 5) is 46.6. The maximum absolute atomic E-state index is 13.9. The Hall–Kier alpha value is -4.04. The first-order valence-corrected chi connectivity index (χ1v) is 12.5. The average Bonchev–Trinajstić information content (AvgIpc) is 3.46. The van der Waals surface area contributed by atoms with Crippen LogP contribution in [0.2, 0.25) is 0 Å². The van der Waals surface area contributed by atoms with Crippen molar-refractivity contribution in [3.8, 4) is 0 Å². The third-order valence-electron chi connectivity index (χ3n) is 7.50. The molecule has 1 saturated heterocycles. The quantitative estimate of drug-likeness (QED) is 0.544. The second kappa shape index (κ2) is 10.1. The van der Waals surface area contributed by atoms with Gasteiger partial charge in [0.2, 0.25) is 5.91 Å². The molecule has 2 aliphatic heterocycles. The minimum Gasteiger partial charge on any atom is -0.396 e. The molecule has 0 saturated carbocycles. The molecule has 0 bridgehead atoms. The SMILES string of the molecule is C/C=C/c1ccc2n(c1=O)C[C@H]1[C@H](CO)[C@@H](C(=O)N[C@H](C)c3ccccc3)N(C(=O)c3ccccn3)[C@@H]21. The van der Waals surface area contributed by atoms with E-state index in [4.69, 9.17) is 0 Å². The van der Waals surface area contributed by atoms with E-state index >= 15 is 0 Å². The zero-order chi connectivity index (χ0) is 26.1. The zero-order valence-corrected chi connectivity index (χ0v) is 20.8. The molecule has 2 N–H and O–H groups in total. The van der Waals surface area contributed by atoms with Gasteiger partial charge in [-0.2, -0.15) is 0 Å². The van der Waals surface area contributed by atoms with Gasteiger partial charge in [-0.1, -0.05) is 48.6 Å². The van der Waals surface area contributed by atoms with Gasteiger partial charge in [-0.15, -0.1) is 0 Å². The summed E-state index contributed by atoms with van der Waals surface area (Å²) in [7, 11) is 0. The van der Waals surface area contributed by atoms with Crippen LogP contribution in [-0.2, 0) is 11.3 Å². The van der Waals surface area contributed by atoms with Crippen molar-refractivity contribution in [3.05, 3.63) is 106 Å². The molecule has 2 aromatic heterocycles. The maximum Gasteiger partial charge on any atom is 0.273 e. The van der Waals surface area contributed by atoms with E-state index < -0.39 is 23.9 Å². The van der Waals surface area contributed by atoms with E-state index in [9.17, 15) is 19.5 Å². The number of fused-ring (bicyclic) bond motifs is 3. The van der Waals surface area contributed by atoms with E-state index in [2.05, 4.69) is 10.3 Å². The van der Waals surface area contributed by atoms with Crippen molar-refractivity contribution in [3.63, 3.8) is 0 Å². The molecule has 0 spiro atoms. The molecule has 8 heteroatoms. The first kappa shape index (κ1) is 24.6. The molecule has 190 valence electrons. The lowest BCUT2D eigenvalue weighted by Crippen LogP contribution is -2.51. The van der Waals surface area contributed by atoms with E-state index in [1.807, 2.05) is 50.2 Å². The van der Waals surface area contributed by atoms with Crippen molar-refractivity contribution in [2.24, 2.45) is 11.8 Å². The van der Waals surface area contributed by atoms with Crippen molar-refractivity contribution in [2.45, 2.75) is 38.5 Å². The highest BCUT2D eigenvalue weighted by Crippen LogP contribution is 2.49. The number of likely N-dealkylation sites (tertiary alicyclic amines) is 1. The van der Waals surface area contributed by atoms with Gasteiger partial charge >= 0.3 is 0 Å². The highest BCUT2D eigenvalue weighted by atomic mass is 16.3. The fourth-order valence-corrected chi connectivity index (χ4v) is 5.78. The molecule has 4 heterocycles. The third kappa shape index (κ3) is 4.27. The van der Waals surface area contributed by atoms with E-state index in [1.165, 1.54) is 11.1 Å². The number of nitrogens with zero attached hydrogens (tertiary/aromatic N) is 3. The van der Waals surface area contributed by atoms with Crippen LogP contribution in [0.25, 0.3) is 6.08 Å². The number of nitrogens with one attached hydrogen (secondary N) is 1. The first-order valence-electron chi connectivity index (χ1n) is 12.5. The highest BCUT2D eigenvalue weighted by molar-refractivity contribution is 5.97. The molecule has 2 amide bonds. The van der Waals surface area contributed by atoms with Gasteiger partial charge in [0, 0.05) is 42.4 Å². The Bertz CT molecular complexity index is 1390. The Balaban J connectivity index is 1.57. The predicted octanol–water partition coefficient (Wildman–Crippen LogP) is 2.96. The van der Waals surface area contributed by atoms with Crippen LogP contribution in [-0.4, -0.2) is 44.0 Å². The minimum atomic E-state index is -0.917. The average molecular weight is 499 g/mol. The topological polar surface area (TPSA) is 105 Å². The number of amides is 2. The maximum atomic E-state index is 13.9. The second-order valence-electron chi connectivity index (χ2n) is 9.60. The lowest BCUT2D eigenvalue weighted by Gasteiger charge is -2.31. The molecule has 8 nitrogen and oxygen atoms in total. The summed E-state index contributed by atoms with van der Waals surface area (Å²) in [6.45, 7) is 3.76. The number of aliphatic hydroxyl groups excluding tert-OH is 1. The Morgan fingerprint density at radius 2 is 1.89 bits per heavy atom. The number of benzene rings is 1. The minimum absolute atomic E-state index is 0.148. The number of carbonyl (C=O) groups is 2. The first-order chi connectivity index (χ1) is 18.0. The van der Waals surface area contributed by atoms with Gasteiger partial charge in [-0.3, -0.25) is 19.4 Å². The number of hydrogen-bond donors (Lipinski definition) is 2. The highest BCUT2D eigenvalue weighted by Gasteiger charge is 2.57. The smallest absolute Gasteiger partial charge is 0.273 e. The summed E-state index contributed by atoms with van der Waals surface area (Å²) in [5.41, 5.74) is 2.22. The molecule has 0 radical (unpaired) electrons. The molecule has 3 aromatic rings. The molecule has 0 unspecified atom stereocenters. The molecule has 37 heavy (non-hydrogen) atoms. The zero-order valence-electron chi connectivity index (χ0n) is 20.8. The van der Waals surface area contributed by atoms with Crippen molar-refractivity contribution in [2.75, 3.05) is 6.61 Å². The number of pyridine rings is 2. The Morgan fingerprint density at radius 3 is 2.57 bits per heavy atom. The van der Waals surface area contributed by atoms with Gasteiger partial charge in [0.15, 0.2) is 0 Å². The molecule has 5 rings (SSSR count). The fourth-order valence-electron chi connectivity index (χ4n) is 5.78. The molecule has 2 aliphatic rings. The van der Waals surface area contributed by atoms with Gasteiger partial charge in [0.05, 0.1) is 12.1 Å². The summed E-state index contributed by atoms with van der Waals surface area (Å²) in [6.07, 6.45) is 5.10. The summed E-state index contributed by atoms with van der Waals surface area (Å²) in [5.74, 6) is -1.59. The van der Waals surface area contributed by atoms with Crippen LogP contribution in [0.15, 0.2) is 77.7 Å². The second-order valence-corrected chi connectivity index (χ2v) is 9.60. The third-order valence-corrected chi connectivity index (χ3v) is 7.50. The van der Waals surface area contributed by atoms with Crippen LogP contribution in [0.1, 0.15) is 53.2 Å². The lowest BCUT2D eigenvalue weighted by atomic mass is 9.88. The summed E-state index contributed by atoms with van der Waals surface area (Å²) in [5, 5.41) is 13.6. The molecular weight excluding hydrogens is 468 g/mol. The number of hydrogen-bond acceptors (Lipinski definition) is 5. The van der Waals surface area contributed by atoms with Crippen molar-refractivity contribution in [1.82, 2.24) is 19.8 Å². The van der Waals surface area contributed by atoms with Gasteiger partial charge in [-0.25, -0.2) is 0 Å². The van der Waals surface area contributed by atoms with Crippen LogP contribution in [0.5, 0.6) is 0 Å². The summed E-state index contributed by atoms with van der Waals surface area (Å²) < 4.78 is 1.67. The molecule has 1 fully saturated rings. The van der Waals surface area contributed by atoms with Gasteiger partial charge in [0.25, 0.3) is 11.5 Å². The standard InChI is InChI=1S/C29H30N4O4/c1-3-9-20-13-14-24-25-21(16-32(24)28(20)36)22(17-34)26(33(25)29(37)23-12-7-8-15-30-23)27(35)31-18(2)19-10-5-4-6-11-19/h3-15,18,21-22,25-26,34H,16-17H2,1-2H3,(H,31,35)/b9-3+/t18-,21+,22+,25-,26+/m1/s1. The van der Waals surface area contributed by atoms with Crippen LogP contribution in [0.4, 0.5) is 0 Å². The van der Waals surface area contributed by atoms with Crippen LogP contribution >= 0.6 is 0 Å². The molecule has 5 atom stereocenters. The Morgan fingerprint density at radius 1 is 1.14 bits per heavy atom. The normalized spacial score (nSPS) is 23.1. The number of aromatic nitrogens is 2. The van der Waals surface area contributed by atoms with Crippen molar-refractivity contribution >= 4 is 17.9 Å². The van der Waals surface area contributed by atoms with Crippen molar-refractivity contribution in [1.29, 1.82) is 0 Å². The molecule has 1 aromatic carbocycles. The Kier molecular flexibility index (Phi) is 6.76. The van der Waals surface area contributed by atoms with Gasteiger partial charge < -0.3 is 19.9 Å². The predicted molar refractivity (Wildman–Crippen MR) is 139 cm³/mol. The Labute approximate surface area is 215 Å². The van der Waals surface area contributed by atoms with E-state index in [1.54, 1.807) is 41.0 Å². The number of allylic oxidation sites excluding steroid dienone is 1. The van der Waals surface area contributed by atoms with E-state index in [0.717, 1.165) is 5.56 Å². The van der Waals surface area contributed by atoms with Crippen molar-refractivity contribution < 1.29 is 14.7 Å². The number of carbonyl (C=O) groups excluding carboxylic acids is 2. The van der Waals surface area contributed by atoms with Gasteiger partial charge in [-0.05, 0) is 43.7 Å².